The van der Waals surface area contributed by atoms with Crippen LogP contribution in [0.4, 0.5) is 4.39 Å². The van der Waals surface area contributed by atoms with E-state index in [1.165, 1.54) is 12.1 Å². The normalized spacial score (nSPS) is 13.8. The molecular formula is C24H17BrClFO4. The van der Waals surface area contributed by atoms with Crippen molar-refractivity contribution in [3.8, 4) is 17.2 Å². The predicted molar refractivity (Wildman–Crippen MR) is 121 cm³/mol. The molecule has 0 atom stereocenters. The second-order valence-corrected chi connectivity index (χ2v) is 8.20. The summed E-state index contributed by atoms with van der Waals surface area (Å²) in [6, 6.07) is 13.3. The molecule has 0 spiro atoms. The number of Topliss-reactive ketones (excluding diaryl/α,β-unsaturated/α-hetero) is 1. The van der Waals surface area contributed by atoms with Crippen molar-refractivity contribution >= 4 is 39.4 Å². The van der Waals surface area contributed by atoms with Crippen molar-refractivity contribution in [1.29, 1.82) is 0 Å². The Hall–Kier alpha value is -2.83. The van der Waals surface area contributed by atoms with Gasteiger partial charge in [0.15, 0.2) is 5.76 Å². The molecular weight excluding hydrogens is 487 g/mol. The molecule has 0 aromatic heterocycles. The van der Waals surface area contributed by atoms with Crippen molar-refractivity contribution in [2.24, 2.45) is 0 Å². The molecule has 0 saturated heterocycles. The van der Waals surface area contributed by atoms with Crippen molar-refractivity contribution in [3.05, 3.63) is 91.9 Å². The Morgan fingerprint density at radius 2 is 1.94 bits per heavy atom. The molecule has 0 bridgehead atoms. The maximum Gasteiger partial charge on any atom is 0.231 e. The van der Waals surface area contributed by atoms with Gasteiger partial charge in [-0.1, -0.05) is 33.6 Å². The minimum Gasteiger partial charge on any atom is -0.496 e. The van der Waals surface area contributed by atoms with Crippen LogP contribution >= 0.6 is 27.5 Å². The Bertz CT molecular complexity index is 1200. The summed E-state index contributed by atoms with van der Waals surface area (Å²) >= 11 is 9.49. The number of hydrogen-bond acceptors (Lipinski definition) is 4. The molecule has 158 valence electrons. The molecule has 1 aliphatic heterocycles. The van der Waals surface area contributed by atoms with Gasteiger partial charge in [0.05, 0.1) is 17.7 Å². The third-order valence-corrected chi connectivity index (χ3v) is 5.80. The number of rotatable bonds is 5. The van der Waals surface area contributed by atoms with Crippen molar-refractivity contribution in [1.82, 2.24) is 0 Å². The Morgan fingerprint density at radius 3 is 2.68 bits per heavy atom. The average molecular weight is 504 g/mol. The molecule has 4 rings (SSSR count). The monoisotopic (exact) mass is 502 g/mol. The number of benzene rings is 3. The molecule has 0 saturated carbocycles. The number of ketones is 1. The molecule has 0 amide bonds. The van der Waals surface area contributed by atoms with Crippen molar-refractivity contribution in [2.75, 3.05) is 7.11 Å². The van der Waals surface area contributed by atoms with Crippen molar-refractivity contribution in [2.45, 2.75) is 13.5 Å². The van der Waals surface area contributed by atoms with Crippen LogP contribution in [0.15, 0.2) is 58.8 Å². The van der Waals surface area contributed by atoms with Gasteiger partial charge in [-0.15, -0.1) is 0 Å². The van der Waals surface area contributed by atoms with Crippen LogP contribution in [-0.4, -0.2) is 12.9 Å². The van der Waals surface area contributed by atoms with Crippen LogP contribution in [0.2, 0.25) is 5.02 Å². The molecule has 3 aromatic rings. The van der Waals surface area contributed by atoms with Gasteiger partial charge in [0.1, 0.15) is 29.7 Å². The highest BCUT2D eigenvalue weighted by Gasteiger charge is 2.30. The van der Waals surface area contributed by atoms with Gasteiger partial charge in [-0.05, 0) is 55.5 Å². The lowest BCUT2D eigenvalue weighted by atomic mass is 10.1. The van der Waals surface area contributed by atoms with Gasteiger partial charge in [-0.25, -0.2) is 4.39 Å². The summed E-state index contributed by atoms with van der Waals surface area (Å²) in [6.45, 7) is 1.74. The van der Waals surface area contributed by atoms with Gasteiger partial charge >= 0.3 is 0 Å². The fourth-order valence-electron chi connectivity index (χ4n) is 3.30. The summed E-state index contributed by atoms with van der Waals surface area (Å²) in [5, 5.41) is 0.290. The highest BCUT2D eigenvalue weighted by molar-refractivity contribution is 9.10. The first-order chi connectivity index (χ1) is 14.9. The fourth-order valence-corrected chi connectivity index (χ4v) is 3.90. The van der Waals surface area contributed by atoms with E-state index < -0.39 is 5.82 Å². The Kier molecular flexibility index (Phi) is 6.03. The van der Waals surface area contributed by atoms with Gasteiger partial charge in [0, 0.05) is 21.2 Å². The molecule has 7 heteroatoms. The number of hydrogen-bond donors (Lipinski definition) is 0. The lowest BCUT2D eigenvalue weighted by molar-refractivity contribution is 0.101. The zero-order valence-corrected chi connectivity index (χ0v) is 19.0. The standard InChI is InChI=1S/C24H17BrClFO4/c1-13-20(30-12-17-18(26)4-3-5-19(17)27)9-7-16-23(28)22(31-24(13)16)11-14-10-15(25)6-8-21(14)29-2/h3-11H,12H2,1-2H3/b22-11-. The van der Waals surface area contributed by atoms with E-state index in [1.807, 2.05) is 12.1 Å². The second kappa shape index (κ2) is 8.73. The van der Waals surface area contributed by atoms with Crippen LogP contribution in [0.25, 0.3) is 6.08 Å². The van der Waals surface area contributed by atoms with Gasteiger partial charge in [-0.2, -0.15) is 0 Å². The molecule has 0 aliphatic carbocycles. The lowest BCUT2D eigenvalue weighted by Crippen LogP contribution is -2.01. The number of halogens is 3. The van der Waals surface area contributed by atoms with E-state index in [0.717, 1.165) is 4.47 Å². The SMILES string of the molecule is COc1ccc(Br)cc1/C=C1\Oc2c(ccc(OCc3c(F)cccc3Cl)c2C)C1=O. The second-order valence-electron chi connectivity index (χ2n) is 6.88. The maximum atomic E-state index is 14.0. The zero-order chi connectivity index (χ0) is 22.1. The maximum absolute atomic E-state index is 14.0. The lowest BCUT2D eigenvalue weighted by Gasteiger charge is -2.12. The molecule has 0 unspecified atom stereocenters. The van der Waals surface area contributed by atoms with Crippen LogP contribution in [-0.2, 0) is 6.61 Å². The number of fused-ring (bicyclic) bond motifs is 1. The number of carbonyl (C=O) groups is 1. The van der Waals surface area contributed by atoms with E-state index in [-0.39, 0.29) is 23.7 Å². The van der Waals surface area contributed by atoms with E-state index in [2.05, 4.69) is 15.9 Å². The third-order valence-electron chi connectivity index (χ3n) is 4.95. The van der Waals surface area contributed by atoms with E-state index >= 15 is 0 Å². The van der Waals surface area contributed by atoms with E-state index in [9.17, 15) is 9.18 Å². The molecule has 0 N–H and O–H groups in total. The summed E-state index contributed by atoms with van der Waals surface area (Å²) in [4.78, 5) is 12.9. The summed E-state index contributed by atoms with van der Waals surface area (Å²) in [7, 11) is 1.56. The number of methoxy groups -OCH3 is 1. The highest BCUT2D eigenvalue weighted by atomic mass is 79.9. The summed E-state index contributed by atoms with van der Waals surface area (Å²) in [5.74, 6) is 1.03. The van der Waals surface area contributed by atoms with Crippen LogP contribution in [0.1, 0.15) is 27.0 Å². The number of carbonyl (C=O) groups excluding carboxylic acids is 1. The largest absolute Gasteiger partial charge is 0.496 e. The molecule has 3 aromatic carbocycles. The van der Waals surface area contributed by atoms with E-state index in [1.54, 1.807) is 44.4 Å². The summed E-state index contributed by atoms with van der Waals surface area (Å²) in [6.07, 6.45) is 1.64. The van der Waals surface area contributed by atoms with Crippen LogP contribution < -0.4 is 14.2 Å². The molecule has 31 heavy (non-hydrogen) atoms. The van der Waals surface area contributed by atoms with Crippen LogP contribution in [0.3, 0.4) is 0 Å². The first-order valence-corrected chi connectivity index (χ1v) is 10.5. The fraction of sp³-hybridized carbons (Fsp3) is 0.125. The Balaban J connectivity index is 1.62. The van der Waals surface area contributed by atoms with Crippen LogP contribution in [0, 0.1) is 12.7 Å². The zero-order valence-electron chi connectivity index (χ0n) is 16.7. The quantitative estimate of drug-likeness (QED) is 0.361. The average Bonchev–Trinajstić information content (AvgIpc) is 3.06. The summed E-state index contributed by atoms with van der Waals surface area (Å²) in [5.41, 5.74) is 2.05. The van der Waals surface area contributed by atoms with Gasteiger partial charge in [-0.3, -0.25) is 4.79 Å². The van der Waals surface area contributed by atoms with E-state index in [0.29, 0.717) is 39.0 Å². The van der Waals surface area contributed by atoms with Crippen LogP contribution in [0.5, 0.6) is 17.2 Å². The number of allylic oxidation sites excluding steroid dienone is 1. The van der Waals surface area contributed by atoms with Crippen molar-refractivity contribution in [3.63, 3.8) is 0 Å². The summed E-state index contributed by atoms with van der Waals surface area (Å²) < 4.78 is 31.9. The highest BCUT2D eigenvalue weighted by Crippen LogP contribution is 2.40. The third kappa shape index (κ3) is 4.18. The Labute approximate surface area is 192 Å². The van der Waals surface area contributed by atoms with E-state index in [4.69, 9.17) is 25.8 Å². The molecule has 1 heterocycles. The molecule has 4 nitrogen and oxygen atoms in total. The molecule has 0 fully saturated rings. The predicted octanol–water partition coefficient (Wildman–Crippen LogP) is 6.75. The molecule has 1 aliphatic rings. The van der Waals surface area contributed by atoms with Gasteiger partial charge in [0.25, 0.3) is 0 Å². The first kappa shape index (κ1) is 21.4. The van der Waals surface area contributed by atoms with Crippen molar-refractivity contribution < 1.29 is 23.4 Å². The Morgan fingerprint density at radius 1 is 1.16 bits per heavy atom. The van der Waals surface area contributed by atoms with Gasteiger partial charge < -0.3 is 14.2 Å². The minimum absolute atomic E-state index is 0.0446. The first-order valence-electron chi connectivity index (χ1n) is 9.36. The number of ether oxygens (including phenoxy) is 3. The smallest absolute Gasteiger partial charge is 0.231 e. The van der Waals surface area contributed by atoms with Gasteiger partial charge in [0.2, 0.25) is 5.78 Å². The minimum atomic E-state index is -0.439. The topological polar surface area (TPSA) is 44.8 Å². The molecule has 0 radical (unpaired) electrons.